The zero-order valence-electron chi connectivity index (χ0n) is 14.5. The summed E-state index contributed by atoms with van der Waals surface area (Å²) >= 11 is 0. The summed E-state index contributed by atoms with van der Waals surface area (Å²) in [7, 11) is 0. The van der Waals surface area contributed by atoms with Gasteiger partial charge in [0.2, 0.25) is 0 Å². The molecule has 24 heavy (non-hydrogen) atoms. The van der Waals surface area contributed by atoms with Crippen LogP contribution in [0, 0.1) is 29.1 Å². The number of carbonyl (C=O) groups is 2. The molecule has 4 aliphatic carbocycles. The summed E-state index contributed by atoms with van der Waals surface area (Å²) in [6, 6.07) is 0. The Bertz CT molecular complexity index is 609. The molecule has 6 atom stereocenters. The van der Waals surface area contributed by atoms with Crippen LogP contribution in [0.5, 0.6) is 0 Å². The molecule has 2 N–H and O–H groups in total. The highest BCUT2D eigenvalue weighted by Gasteiger charge is 2.63. The maximum absolute atomic E-state index is 12.2. The smallest absolute Gasteiger partial charge is 0.161 e. The first-order chi connectivity index (χ1) is 11.4. The Kier molecular flexibility index (Phi) is 3.77. The third-order valence-corrected chi connectivity index (χ3v) is 7.94. The molecule has 0 radical (unpaired) electrons. The molecule has 0 bridgehead atoms. The molecule has 0 aromatic heterocycles. The van der Waals surface area contributed by atoms with Crippen LogP contribution >= 0.6 is 0 Å². The maximum Gasteiger partial charge on any atom is 0.161 e. The van der Waals surface area contributed by atoms with E-state index < -0.39 is 5.60 Å². The summed E-state index contributed by atoms with van der Waals surface area (Å²) in [4.78, 5) is 24.0. The van der Waals surface area contributed by atoms with Gasteiger partial charge in [-0.2, -0.15) is 0 Å². The van der Waals surface area contributed by atoms with E-state index in [0.29, 0.717) is 18.8 Å². The molecule has 3 saturated carbocycles. The van der Waals surface area contributed by atoms with E-state index in [1.807, 2.05) is 6.08 Å². The minimum absolute atomic E-state index is 0.0540. The number of aliphatic hydroxyl groups is 2. The average molecular weight is 332 g/mol. The molecule has 0 spiro atoms. The van der Waals surface area contributed by atoms with E-state index in [4.69, 9.17) is 0 Å². The molecule has 0 aliphatic heterocycles. The molecule has 0 aromatic carbocycles. The van der Waals surface area contributed by atoms with Crippen molar-refractivity contribution in [3.63, 3.8) is 0 Å². The first-order valence-corrected chi connectivity index (χ1v) is 9.49. The van der Waals surface area contributed by atoms with E-state index in [0.717, 1.165) is 38.5 Å². The number of rotatable bonds is 2. The first-order valence-electron chi connectivity index (χ1n) is 9.49. The number of allylic oxidation sites excluding steroid dienone is 1. The molecular weight excluding hydrogens is 304 g/mol. The highest BCUT2D eigenvalue weighted by molar-refractivity contribution is 5.91. The minimum atomic E-state index is -0.708. The van der Waals surface area contributed by atoms with Gasteiger partial charge in [0, 0.05) is 12.3 Å². The number of hydrogen-bond donors (Lipinski definition) is 2. The molecule has 0 saturated heterocycles. The summed E-state index contributed by atoms with van der Waals surface area (Å²) in [6.45, 7) is 1.78. The van der Waals surface area contributed by atoms with E-state index >= 15 is 0 Å². The van der Waals surface area contributed by atoms with Crippen molar-refractivity contribution in [1.29, 1.82) is 0 Å². The second kappa shape index (κ2) is 5.50. The Morgan fingerprint density at radius 1 is 1.21 bits per heavy atom. The number of hydrogen-bond acceptors (Lipinski definition) is 4. The van der Waals surface area contributed by atoms with Crippen molar-refractivity contribution in [2.24, 2.45) is 29.1 Å². The van der Waals surface area contributed by atoms with Crippen molar-refractivity contribution >= 4 is 11.6 Å². The van der Waals surface area contributed by atoms with Crippen LogP contribution in [0.1, 0.15) is 58.3 Å². The molecule has 4 nitrogen and oxygen atoms in total. The zero-order chi connectivity index (χ0) is 17.1. The molecule has 0 aromatic rings. The highest BCUT2D eigenvalue weighted by Crippen LogP contribution is 2.65. The van der Waals surface area contributed by atoms with Crippen LogP contribution in [0.4, 0.5) is 0 Å². The van der Waals surface area contributed by atoms with E-state index in [-0.39, 0.29) is 41.3 Å². The molecule has 4 rings (SSSR count). The second-order valence-electron chi connectivity index (χ2n) is 8.78. The lowest BCUT2D eigenvalue weighted by Gasteiger charge is -2.58. The van der Waals surface area contributed by atoms with Crippen LogP contribution < -0.4 is 0 Å². The van der Waals surface area contributed by atoms with Crippen molar-refractivity contribution in [2.45, 2.75) is 63.9 Å². The topological polar surface area (TPSA) is 74.6 Å². The molecule has 0 heterocycles. The molecule has 0 amide bonds. The first kappa shape index (κ1) is 16.5. The fourth-order valence-corrected chi connectivity index (χ4v) is 6.86. The predicted octanol–water partition coefficient (Wildman–Crippen LogP) is 2.42. The SMILES string of the molecule is CC12CCC3C4CCC(=O)C=C4CCC3(O)C1CCC2C(=O)CO. The quantitative estimate of drug-likeness (QED) is 0.814. The Balaban J connectivity index is 1.66. The Morgan fingerprint density at radius 2 is 2.00 bits per heavy atom. The Labute approximate surface area is 143 Å². The lowest BCUT2D eigenvalue weighted by Crippen LogP contribution is -2.59. The van der Waals surface area contributed by atoms with Gasteiger partial charge in [0.1, 0.15) is 6.61 Å². The van der Waals surface area contributed by atoms with E-state index in [1.165, 1.54) is 5.57 Å². The van der Waals surface area contributed by atoms with Gasteiger partial charge in [-0.1, -0.05) is 12.5 Å². The highest BCUT2D eigenvalue weighted by atomic mass is 16.3. The van der Waals surface area contributed by atoms with Crippen molar-refractivity contribution in [2.75, 3.05) is 6.61 Å². The standard InChI is InChI=1S/C20H28O4/c1-19-8-7-15-14-3-2-13(22)10-12(14)6-9-20(15,24)18(19)5-4-16(19)17(23)11-21/h10,14-16,18,21,24H,2-9,11H2,1H3. The normalized spacial score (nSPS) is 47.5. The van der Waals surface area contributed by atoms with Crippen molar-refractivity contribution in [3.05, 3.63) is 11.6 Å². The molecular formula is C20H28O4. The number of fused-ring (bicyclic) bond motifs is 5. The van der Waals surface area contributed by atoms with Crippen LogP contribution in [-0.2, 0) is 9.59 Å². The Hall–Kier alpha value is -1.00. The largest absolute Gasteiger partial charge is 0.389 e. The summed E-state index contributed by atoms with van der Waals surface area (Å²) in [5.41, 5.74) is 0.363. The second-order valence-corrected chi connectivity index (χ2v) is 8.78. The number of ketones is 2. The summed E-state index contributed by atoms with van der Waals surface area (Å²) in [5, 5.41) is 21.0. The number of Topliss-reactive ketones (excluding diaryl/α,β-unsaturated/α-hetero) is 1. The fraction of sp³-hybridized carbons (Fsp3) is 0.800. The lowest BCUT2D eigenvalue weighted by molar-refractivity contribution is -0.173. The van der Waals surface area contributed by atoms with E-state index in [1.54, 1.807) is 0 Å². The van der Waals surface area contributed by atoms with E-state index in [9.17, 15) is 19.8 Å². The predicted molar refractivity (Wildman–Crippen MR) is 89.1 cm³/mol. The van der Waals surface area contributed by atoms with Crippen LogP contribution in [-0.4, -0.2) is 34.0 Å². The van der Waals surface area contributed by atoms with Gasteiger partial charge in [-0.3, -0.25) is 9.59 Å². The third kappa shape index (κ3) is 2.12. The summed E-state index contributed by atoms with van der Waals surface area (Å²) < 4.78 is 0. The molecule has 4 heteroatoms. The number of carbonyl (C=O) groups excluding carboxylic acids is 2. The molecule has 6 unspecified atom stereocenters. The van der Waals surface area contributed by atoms with Crippen LogP contribution in [0.2, 0.25) is 0 Å². The van der Waals surface area contributed by atoms with Gasteiger partial charge >= 0.3 is 0 Å². The third-order valence-electron chi connectivity index (χ3n) is 7.94. The van der Waals surface area contributed by atoms with Gasteiger partial charge in [0.25, 0.3) is 0 Å². The number of aliphatic hydroxyl groups excluding tert-OH is 1. The summed E-state index contributed by atoms with van der Waals surface area (Å²) in [6.07, 6.45) is 8.39. The van der Waals surface area contributed by atoms with Gasteiger partial charge < -0.3 is 10.2 Å². The van der Waals surface area contributed by atoms with Crippen LogP contribution in [0.15, 0.2) is 11.6 Å². The Morgan fingerprint density at radius 3 is 2.75 bits per heavy atom. The monoisotopic (exact) mass is 332 g/mol. The van der Waals surface area contributed by atoms with Crippen LogP contribution in [0.3, 0.4) is 0 Å². The average Bonchev–Trinajstić information content (AvgIpc) is 2.92. The van der Waals surface area contributed by atoms with Gasteiger partial charge in [0.05, 0.1) is 5.60 Å². The maximum atomic E-state index is 12.2. The van der Waals surface area contributed by atoms with Gasteiger partial charge in [-0.15, -0.1) is 0 Å². The molecule has 4 aliphatic rings. The van der Waals surface area contributed by atoms with Crippen molar-refractivity contribution in [3.8, 4) is 0 Å². The van der Waals surface area contributed by atoms with Gasteiger partial charge in [0.15, 0.2) is 11.6 Å². The zero-order valence-corrected chi connectivity index (χ0v) is 14.5. The van der Waals surface area contributed by atoms with Gasteiger partial charge in [-0.25, -0.2) is 0 Å². The van der Waals surface area contributed by atoms with Crippen LogP contribution in [0.25, 0.3) is 0 Å². The minimum Gasteiger partial charge on any atom is -0.389 e. The van der Waals surface area contributed by atoms with E-state index in [2.05, 4.69) is 6.92 Å². The van der Waals surface area contributed by atoms with Crippen molar-refractivity contribution in [1.82, 2.24) is 0 Å². The summed E-state index contributed by atoms with van der Waals surface area (Å²) in [5.74, 6) is 0.791. The fourth-order valence-electron chi connectivity index (χ4n) is 6.86. The molecule has 132 valence electrons. The molecule has 3 fully saturated rings. The lowest BCUT2D eigenvalue weighted by atomic mass is 9.49. The van der Waals surface area contributed by atoms with Gasteiger partial charge in [-0.05, 0) is 74.2 Å². The van der Waals surface area contributed by atoms with Crippen molar-refractivity contribution < 1.29 is 19.8 Å².